The zero-order chi connectivity index (χ0) is 18.1. The number of benzene rings is 1. The van der Waals surface area contributed by atoms with Crippen LogP contribution in [0.25, 0.3) is 11.1 Å². The van der Waals surface area contributed by atoms with Crippen LogP contribution in [0.5, 0.6) is 0 Å². The number of piperidine rings is 1. The van der Waals surface area contributed by atoms with E-state index in [1.54, 1.807) is 29.2 Å². The Morgan fingerprint density at radius 1 is 1.31 bits per heavy atom. The van der Waals surface area contributed by atoms with Crippen LogP contribution in [-0.4, -0.2) is 34.8 Å². The van der Waals surface area contributed by atoms with Gasteiger partial charge in [-0.3, -0.25) is 14.6 Å². The van der Waals surface area contributed by atoms with Crippen molar-refractivity contribution in [3.8, 4) is 0 Å². The van der Waals surface area contributed by atoms with Gasteiger partial charge in [0.25, 0.3) is 5.91 Å². The minimum atomic E-state index is -0.529. The Morgan fingerprint density at radius 2 is 2.19 bits per heavy atom. The lowest BCUT2D eigenvalue weighted by atomic mass is 9.97. The summed E-state index contributed by atoms with van der Waals surface area (Å²) in [6.45, 7) is 1.08. The third-order valence-electron chi connectivity index (χ3n) is 4.50. The SMILES string of the molecule is O=C(Nc1ccc2oc(=O)[nH]c2c1)C1CCCN(C(=O)c2cccs2)C1. The van der Waals surface area contributed by atoms with E-state index in [4.69, 9.17) is 4.42 Å². The number of fused-ring (bicyclic) bond motifs is 1. The van der Waals surface area contributed by atoms with E-state index in [0.29, 0.717) is 34.8 Å². The highest BCUT2D eigenvalue weighted by atomic mass is 32.1. The fourth-order valence-corrected chi connectivity index (χ4v) is 3.90. The third-order valence-corrected chi connectivity index (χ3v) is 5.36. The molecule has 2 N–H and O–H groups in total. The molecule has 1 unspecified atom stereocenters. The molecule has 1 aliphatic heterocycles. The number of rotatable bonds is 3. The molecule has 0 aliphatic carbocycles. The van der Waals surface area contributed by atoms with Gasteiger partial charge in [0.1, 0.15) is 0 Å². The number of nitrogens with zero attached hydrogens (tertiary/aromatic N) is 1. The fourth-order valence-electron chi connectivity index (χ4n) is 3.21. The fraction of sp³-hybridized carbons (Fsp3) is 0.278. The Labute approximate surface area is 152 Å². The molecule has 4 rings (SSSR count). The zero-order valence-corrected chi connectivity index (χ0v) is 14.7. The van der Waals surface area contributed by atoms with E-state index in [1.165, 1.54) is 11.3 Å². The van der Waals surface area contributed by atoms with Crippen molar-refractivity contribution >= 4 is 39.9 Å². The first kappa shape index (κ1) is 16.6. The molecular formula is C18H17N3O4S. The van der Waals surface area contributed by atoms with Gasteiger partial charge in [0, 0.05) is 18.8 Å². The van der Waals surface area contributed by atoms with E-state index < -0.39 is 5.76 Å². The van der Waals surface area contributed by atoms with Gasteiger partial charge in [-0.25, -0.2) is 4.79 Å². The molecule has 3 heterocycles. The normalized spacial score (nSPS) is 17.4. The molecule has 7 nitrogen and oxygen atoms in total. The Hall–Kier alpha value is -2.87. The summed E-state index contributed by atoms with van der Waals surface area (Å²) in [4.78, 5) is 41.3. The Balaban J connectivity index is 1.45. The van der Waals surface area contributed by atoms with Crippen molar-refractivity contribution in [2.24, 2.45) is 5.92 Å². The number of likely N-dealkylation sites (tertiary alicyclic amines) is 1. The minimum absolute atomic E-state index is 0.0186. The van der Waals surface area contributed by atoms with Gasteiger partial charge in [-0.15, -0.1) is 11.3 Å². The first-order valence-corrected chi connectivity index (χ1v) is 9.24. The molecule has 0 radical (unpaired) electrons. The molecule has 3 aromatic rings. The van der Waals surface area contributed by atoms with E-state index in [0.717, 1.165) is 12.8 Å². The first-order valence-electron chi connectivity index (χ1n) is 8.37. The van der Waals surface area contributed by atoms with Gasteiger partial charge in [0.15, 0.2) is 5.58 Å². The van der Waals surface area contributed by atoms with Gasteiger partial charge < -0.3 is 14.6 Å². The number of nitrogens with one attached hydrogen (secondary N) is 2. The molecule has 1 aliphatic rings. The van der Waals surface area contributed by atoms with Crippen LogP contribution in [0.1, 0.15) is 22.5 Å². The highest BCUT2D eigenvalue weighted by Crippen LogP contribution is 2.23. The van der Waals surface area contributed by atoms with Gasteiger partial charge in [-0.1, -0.05) is 6.07 Å². The van der Waals surface area contributed by atoms with Crippen LogP contribution in [0.2, 0.25) is 0 Å². The number of hydrogen-bond donors (Lipinski definition) is 2. The van der Waals surface area contributed by atoms with Crippen molar-refractivity contribution in [3.63, 3.8) is 0 Å². The molecule has 26 heavy (non-hydrogen) atoms. The van der Waals surface area contributed by atoms with Crippen LogP contribution in [0, 0.1) is 5.92 Å². The maximum absolute atomic E-state index is 12.6. The molecule has 0 bridgehead atoms. The van der Waals surface area contributed by atoms with Crippen LogP contribution in [-0.2, 0) is 4.79 Å². The second kappa shape index (κ2) is 6.80. The minimum Gasteiger partial charge on any atom is -0.408 e. The van der Waals surface area contributed by atoms with E-state index in [1.807, 2.05) is 11.4 Å². The zero-order valence-electron chi connectivity index (χ0n) is 13.9. The van der Waals surface area contributed by atoms with Crippen molar-refractivity contribution in [2.45, 2.75) is 12.8 Å². The second-order valence-electron chi connectivity index (χ2n) is 6.28. The van der Waals surface area contributed by atoms with E-state index in [2.05, 4.69) is 10.3 Å². The molecule has 134 valence electrons. The molecule has 2 aromatic heterocycles. The summed E-state index contributed by atoms with van der Waals surface area (Å²) in [5, 5.41) is 4.74. The maximum atomic E-state index is 12.6. The molecule has 1 aromatic carbocycles. The van der Waals surface area contributed by atoms with E-state index in [-0.39, 0.29) is 17.7 Å². The van der Waals surface area contributed by atoms with E-state index >= 15 is 0 Å². The van der Waals surface area contributed by atoms with Gasteiger partial charge >= 0.3 is 5.76 Å². The predicted molar refractivity (Wildman–Crippen MR) is 98.4 cm³/mol. The molecular weight excluding hydrogens is 354 g/mol. The molecule has 1 saturated heterocycles. The average Bonchev–Trinajstić information content (AvgIpc) is 3.29. The summed E-state index contributed by atoms with van der Waals surface area (Å²) < 4.78 is 4.95. The first-order chi connectivity index (χ1) is 12.6. The third kappa shape index (κ3) is 3.28. The van der Waals surface area contributed by atoms with Crippen LogP contribution < -0.4 is 11.1 Å². The predicted octanol–water partition coefficient (Wildman–Crippen LogP) is 2.67. The van der Waals surface area contributed by atoms with Gasteiger partial charge in [-0.05, 0) is 42.5 Å². The number of carbonyl (C=O) groups is 2. The summed E-state index contributed by atoms with van der Waals surface area (Å²) >= 11 is 1.41. The largest absolute Gasteiger partial charge is 0.417 e. The van der Waals surface area contributed by atoms with Gasteiger partial charge in [0.2, 0.25) is 5.91 Å². The number of thiophene rings is 1. The lowest BCUT2D eigenvalue weighted by Gasteiger charge is -2.31. The molecule has 1 atom stereocenters. The highest BCUT2D eigenvalue weighted by molar-refractivity contribution is 7.12. The monoisotopic (exact) mass is 371 g/mol. The number of aromatic amines is 1. The summed E-state index contributed by atoms with van der Waals surface area (Å²) in [5.41, 5.74) is 1.56. The van der Waals surface area contributed by atoms with Crippen LogP contribution >= 0.6 is 11.3 Å². The highest BCUT2D eigenvalue weighted by Gasteiger charge is 2.29. The Kier molecular flexibility index (Phi) is 4.34. The van der Waals surface area contributed by atoms with Crippen LogP contribution in [0.4, 0.5) is 5.69 Å². The average molecular weight is 371 g/mol. The topological polar surface area (TPSA) is 95.4 Å². The molecule has 0 saturated carbocycles. The Morgan fingerprint density at radius 3 is 3.00 bits per heavy atom. The van der Waals surface area contributed by atoms with E-state index in [9.17, 15) is 14.4 Å². The van der Waals surface area contributed by atoms with Crippen molar-refractivity contribution in [1.82, 2.24) is 9.88 Å². The number of carbonyl (C=O) groups excluding carboxylic acids is 2. The summed E-state index contributed by atoms with van der Waals surface area (Å²) in [6.07, 6.45) is 1.54. The smallest absolute Gasteiger partial charge is 0.408 e. The summed E-state index contributed by atoms with van der Waals surface area (Å²) in [7, 11) is 0. The number of hydrogen-bond acceptors (Lipinski definition) is 5. The molecule has 1 fully saturated rings. The number of amides is 2. The van der Waals surface area contributed by atoms with Gasteiger partial charge in [-0.2, -0.15) is 0 Å². The second-order valence-corrected chi connectivity index (χ2v) is 7.23. The summed E-state index contributed by atoms with van der Waals surface area (Å²) in [6, 6.07) is 8.64. The van der Waals surface area contributed by atoms with Crippen LogP contribution in [0.3, 0.4) is 0 Å². The van der Waals surface area contributed by atoms with Crippen molar-refractivity contribution < 1.29 is 14.0 Å². The van der Waals surface area contributed by atoms with Crippen molar-refractivity contribution in [3.05, 3.63) is 51.1 Å². The standard InChI is InChI=1S/C18H17N3O4S/c22-16(19-12-5-6-14-13(9-12)20-18(24)25-14)11-3-1-7-21(10-11)17(23)15-4-2-8-26-15/h2,4-6,8-9,11H,1,3,7,10H2,(H,19,22)(H,20,24). The lowest BCUT2D eigenvalue weighted by Crippen LogP contribution is -2.43. The van der Waals surface area contributed by atoms with Crippen LogP contribution in [0.15, 0.2) is 44.9 Å². The number of anilines is 1. The van der Waals surface area contributed by atoms with Gasteiger partial charge in [0.05, 0.1) is 16.3 Å². The lowest BCUT2D eigenvalue weighted by molar-refractivity contribution is -0.121. The number of oxazole rings is 1. The quantitative estimate of drug-likeness (QED) is 0.740. The summed E-state index contributed by atoms with van der Waals surface area (Å²) in [5.74, 6) is -0.931. The molecule has 8 heteroatoms. The number of H-pyrrole nitrogens is 1. The Bertz CT molecular complexity index is 1010. The molecule has 2 amide bonds. The maximum Gasteiger partial charge on any atom is 0.417 e. The van der Waals surface area contributed by atoms with Crippen molar-refractivity contribution in [2.75, 3.05) is 18.4 Å². The van der Waals surface area contributed by atoms with Crippen molar-refractivity contribution in [1.29, 1.82) is 0 Å². The molecule has 0 spiro atoms. The number of aromatic nitrogens is 1.